The Bertz CT molecular complexity index is 3700. The van der Waals surface area contributed by atoms with Crippen LogP contribution in [-0.4, -0.2) is 19.5 Å². The SMILES string of the molecule is CC(C)(C)c1ccnc(-c2[c-]cccc2)n1.[2H]C([2H])(c1cccc2nc(-c3[c-]ccc4c3oc3cc5c(cc34)oc3ccccc35)n(-c3c(C(C)C)cc(-c4ccccc4)cc3C(C)C)c12)C(C)(C)C.[Ir]. The Hall–Kier alpha value is -6.66. The molecule has 7 aromatic carbocycles. The fraction of sp³-hybridized carbons (Fsp3) is 0.242. The Morgan fingerprint density at radius 1 is 0.623 bits per heavy atom. The van der Waals surface area contributed by atoms with Gasteiger partial charge in [0.1, 0.15) is 16.7 Å². The molecular formula is C62H58IrN4O2-2. The number of fused-ring (bicyclic) bond motifs is 7. The average molecular weight is 1090 g/mol. The third kappa shape index (κ3) is 9.19. The van der Waals surface area contributed by atoms with Crippen LogP contribution in [0.5, 0.6) is 0 Å². The van der Waals surface area contributed by atoms with Gasteiger partial charge in [-0.2, -0.15) is 0 Å². The van der Waals surface area contributed by atoms with Gasteiger partial charge in [0, 0.05) is 62.0 Å². The topological polar surface area (TPSA) is 69.9 Å². The first-order valence-electron chi connectivity index (χ1n) is 24.7. The van der Waals surface area contributed by atoms with E-state index in [1.807, 2.05) is 112 Å². The summed E-state index contributed by atoms with van der Waals surface area (Å²) in [6, 6.07) is 53.7. The molecule has 6 nitrogen and oxygen atoms in total. The van der Waals surface area contributed by atoms with E-state index in [0.29, 0.717) is 17.0 Å². The minimum Gasteiger partial charge on any atom is -0.501 e. The fourth-order valence-electron chi connectivity index (χ4n) is 9.20. The summed E-state index contributed by atoms with van der Waals surface area (Å²) in [6.45, 7) is 21.3. The molecule has 0 aliphatic carbocycles. The van der Waals surface area contributed by atoms with Crippen LogP contribution < -0.4 is 0 Å². The van der Waals surface area contributed by atoms with E-state index in [1.165, 1.54) is 0 Å². The van der Waals surface area contributed by atoms with Gasteiger partial charge in [0.15, 0.2) is 0 Å². The monoisotopic (exact) mass is 1090 g/mol. The van der Waals surface area contributed by atoms with Crippen LogP contribution in [0, 0.1) is 17.5 Å². The molecule has 0 spiro atoms. The minimum absolute atomic E-state index is 0. The molecule has 7 heteroatoms. The Balaban J connectivity index is 0.000000313. The largest absolute Gasteiger partial charge is 0.501 e. The summed E-state index contributed by atoms with van der Waals surface area (Å²) in [5.41, 5.74) is 12.9. The third-order valence-electron chi connectivity index (χ3n) is 12.5. The van der Waals surface area contributed by atoms with E-state index in [4.69, 9.17) is 13.8 Å². The van der Waals surface area contributed by atoms with Gasteiger partial charge in [-0.3, -0.25) is 15.0 Å². The zero-order chi connectivity index (χ0) is 49.3. The molecule has 11 aromatic rings. The minimum atomic E-state index is -1.69. The van der Waals surface area contributed by atoms with E-state index in [2.05, 4.69) is 130 Å². The quantitative estimate of drug-likeness (QED) is 0.149. The second-order valence-corrected chi connectivity index (χ2v) is 20.4. The van der Waals surface area contributed by atoms with E-state index in [9.17, 15) is 2.74 Å². The van der Waals surface area contributed by atoms with Gasteiger partial charge in [-0.1, -0.05) is 141 Å². The molecule has 0 fully saturated rings. The number of benzene rings is 7. The van der Waals surface area contributed by atoms with Gasteiger partial charge in [0.2, 0.25) is 0 Å². The van der Waals surface area contributed by atoms with Crippen molar-refractivity contribution in [1.82, 2.24) is 19.5 Å². The zero-order valence-corrected chi connectivity index (χ0v) is 43.3. The van der Waals surface area contributed by atoms with Gasteiger partial charge in [-0.05, 0) is 93.9 Å². The van der Waals surface area contributed by atoms with Gasteiger partial charge < -0.3 is 13.4 Å². The summed E-state index contributed by atoms with van der Waals surface area (Å²) in [5, 5.41) is 3.95. The summed E-state index contributed by atoms with van der Waals surface area (Å²) in [5.74, 6) is 1.70. The van der Waals surface area contributed by atoms with Crippen molar-refractivity contribution >= 4 is 54.9 Å². The molecule has 4 heterocycles. The molecular weight excluding hydrogens is 1020 g/mol. The predicted molar refractivity (Wildman–Crippen MR) is 282 cm³/mol. The first kappa shape index (κ1) is 44.8. The smallest absolute Gasteiger partial charge is 0.136 e. The van der Waals surface area contributed by atoms with Crippen molar-refractivity contribution in [2.24, 2.45) is 5.41 Å². The maximum atomic E-state index is 9.60. The molecule has 4 aromatic heterocycles. The molecule has 69 heavy (non-hydrogen) atoms. The molecule has 0 amide bonds. The van der Waals surface area contributed by atoms with Gasteiger partial charge in [0.25, 0.3) is 0 Å². The molecule has 0 unspecified atom stereocenters. The molecule has 0 aliphatic heterocycles. The maximum absolute atomic E-state index is 9.60. The average Bonchev–Trinajstić information content (AvgIpc) is 4.04. The third-order valence-corrected chi connectivity index (χ3v) is 12.5. The summed E-state index contributed by atoms with van der Waals surface area (Å²) in [6.07, 6.45) is 0.122. The van der Waals surface area contributed by atoms with Crippen LogP contribution in [0.1, 0.15) is 106 Å². The van der Waals surface area contributed by atoms with Crippen LogP contribution >= 0.6 is 0 Å². The van der Waals surface area contributed by atoms with Crippen molar-refractivity contribution in [3.05, 3.63) is 180 Å². The van der Waals surface area contributed by atoms with E-state index in [0.717, 1.165) is 99.9 Å². The van der Waals surface area contributed by atoms with Crippen molar-refractivity contribution in [2.75, 3.05) is 0 Å². The number of rotatable bonds is 7. The standard InChI is InChI=1S/C48H43N2O2.C14H15N2.Ir/c1-28(2)36-23-32(30-15-9-8-10-16-30)24-37(29(3)4)45(36)50-44-31(27-48(5,6)7)17-13-21-40(44)49-47(50)35-20-14-19-34-39-26-42-38(25-43(39)52-46(34)35)33-18-11-12-22-41(33)51-42;1-14(2,3)12-9-10-15-13(16-12)11-7-5-4-6-8-11;/h8-19,21-26,28-29H,27H2,1-7H3;4-7,9-10H,1-3H3;/q2*-1;/i27D2;;. The van der Waals surface area contributed by atoms with E-state index < -0.39 is 11.8 Å². The van der Waals surface area contributed by atoms with Crippen molar-refractivity contribution in [1.29, 1.82) is 0 Å². The van der Waals surface area contributed by atoms with E-state index >= 15 is 0 Å². The predicted octanol–water partition coefficient (Wildman–Crippen LogP) is 17.0. The van der Waals surface area contributed by atoms with E-state index in [-0.39, 0.29) is 37.4 Å². The zero-order valence-electron chi connectivity index (χ0n) is 42.9. The van der Waals surface area contributed by atoms with Gasteiger partial charge in [0.05, 0.1) is 28.3 Å². The van der Waals surface area contributed by atoms with Crippen molar-refractivity contribution in [3.8, 4) is 39.6 Å². The van der Waals surface area contributed by atoms with Gasteiger partial charge in [-0.15, -0.1) is 54.1 Å². The van der Waals surface area contributed by atoms with Crippen LogP contribution in [0.25, 0.3) is 94.5 Å². The molecule has 0 N–H and O–H groups in total. The number of nitrogens with zero attached hydrogens (tertiary/aromatic N) is 4. The molecule has 0 atom stereocenters. The Kier molecular flexibility index (Phi) is 12.1. The van der Waals surface area contributed by atoms with Gasteiger partial charge in [-0.25, -0.2) is 0 Å². The molecule has 0 aliphatic rings. The Morgan fingerprint density at radius 2 is 1.30 bits per heavy atom. The van der Waals surface area contributed by atoms with E-state index in [1.54, 1.807) is 0 Å². The number of hydrogen-bond acceptors (Lipinski definition) is 5. The molecule has 0 saturated carbocycles. The van der Waals surface area contributed by atoms with Crippen LogP contribution in [0.2, 0.25) is 0 Å². The number of para-hydroxylation sites is 2. The Morgan fingerprint density at radius 3 is 1.99 bits per heavy atom. The number of imidazole rings is 1. The normalized spacial score (nSPS) is 12.8. The van der Waals surface area contributed by atoms with Crippen LogP contribution in [0.3, 0.4) is 0 Å². The first-order chi connectivity index (χ1) is 33.4. The molecule has 0 saturated heterocycles. The van der Waals surface area contributed by atoms with Crippen molar-refractivity contribution in [3.63, 3.8) is 0 Å². The Labute approximate surface area is 422 Å². The fourth-order valence-corrected chi connectivity index (χ4v) is 9.20. The van der Waals surface area contributed by atoms with Crippen LogP contribution in [-0.2, 0) is 31.9 Å². The first-order valence-corrected chi connectivity index (χ1v) is 23.7. The summed E-state index contributed by atoms with van der Waals surface area (Å²) in [4.78, 5) is 14.2. The van der Waals surface area contributed by atoms with Crippen molar-refractivity contribution < 1.29 is 31.7 Å². The number of hydrogen-bond donors (Lipinski definition) is 0. The second-order valence-electron chi connectivity index (χ2n) is 20.4. The summed E-state index contributed by atoms with van der Waals surface area (Å²) < 4.78 is 34.6. The molecule has 0 bridgehead atoms. The van der Waals surface area contributed by atoms with Crippen LogP contribution in [0.4, 0.5) is 0 Å². The van der Waals surface area contributed by atoms with Gasteiger partial charge >= 0.3 is 0 Å². The van der Waals surface area contributed by atoms with Crippen LogP contribution in [0.15, 0.2) is 155 Å². The maximum Gasteiger partial charge on any atom is 0.136 e. The molecule has 11 rings (SSSR count). The molecule has 1 radical (unpaired) electrons. The molecule has 349 valence electrons. The second kappa shape index (κ2) is 18.7. The van der Waals surface area contributed by atoms with Crippen molar-refractivity contribution in [2.45, 2.75) is 92.9 Å². The summed E-state index contributed by atoms with van der Waals surface area (Å²) in [7, 11) is 0. The number of furan rings is 2. The summed E-state index contributed by atoms with van der Waals surface area (Å²) >= 11 is 0. The number of aromatic nitrogens is 4.